The molecule has 0 radical (unpaired) electrons. The normalized spacial score (nSPS) is 12.4. The van der Waals surface area contributed by atoms with Crippen LogP contribution in [-0.2, 0) is 0 Å². The van der Waals surface area contributed by atoms with Gasteiger partial charge in [0, 0.05) is 11.8 Å². The highest BCUT2D eigenvalue weighted by atomic mass is 79.9. The molecule has 1 aliphatic rings. The number of hydrogen-bond acceptors (Lipinski definition) is 7. The molecule has 0 saturated heterocycles. The highest BCUT2D eigenvalue weighted by molar-refractivity contribution is 9.11. The van der Waals surface area contributed by atoms with Crippen molar-refractivity contribution in [3.8, 4) is 11.5 Å². The summed E-state index contributed by atoms with van der Waals surface area (Å²) in [4.78, 5) is 37.3. The Morgan fingerprint density at radius 2 is 1.39 bits per heavy atom. The van der Waals surface area contributed by atoms with Gasteiger partial charge < -0.3 is 15.5 Å². The monoisotopic (exact) mass is 550 g/mol. The molecule has 0 aliphatic heterocycles. The molecule has 0 fully saturated rings. The van der Waals surface area contributed by atoms with Gasteiger partial charge in [0.15, 0.2) is 0 Å². The van der Waals surface area contributed by atoms with Crippen LogP contribution in [0.15, 0.2) is 45.3 Å². The lowest BCUT2D eigenvalue weighted by Crippen LogP contribution is -2.24. The van der Waals surface area contributed by atoms with Crippen LogP contribution >= 0.6 is 31.9 Å². The number of nitrogens with zero attached hydrogens (tertiary/aromatic N) is 1. The topological polar surface area (TPSA) is 130 Å². The second kappa shape index (κ2) is 7.43. The maximum atomic E-state index is 13.4. The van der Waals surface area contributed by atoms with Crippen LogP contribution in [0.4, 0.5) is 21.5 Å². The van der Waals surface area contributed by atoms with Crippen molar-refractivity contribution in [3.63, 3.8) is 0 Å². The molecular formula is C20H9Br2FN2O6. The standard InChI is InChI=1S/C20H9Br2FN2O6/c21-9-5-11(24-8-3-1-7(23)2-4-8)13-15(17(9)26)20(29)16-14(19(13)28)12(25(30)31)6-10(22)18(16)27/h1-6,24,26-27H. The van der Waals surface area contributed by atoms with Crippen molar-refractivity contribution in [2.24, 2.45) is 0 Å². The number of ketones is 2. The van der Waals surface area contributed by atoms with Crippen LogP contribution in [0.3, 0.4) is 0 Å². The van der Waals surface area contributed by atoms with Gasteiger partial charge in [-0.15, -0.1) is 0 Å². The number of rotatable bonds is 3. The van der Waals surface area contributed by atoms with Crippen molar-refractivity contribution in [2.75, 3.05) is 5.32 Å². The maximum absolute atomic E-state index is 13.4. The molecule has 3 aromatic rings. The van der Waals surface area contributed by atoms with Crippen LogP contribution in [0.25, 0.3) is 0 Å². The van der Waals surface area contributed by atoms with Crippen molar-refractivity contribution in [1.82, 2.24) is 0 Å². The number of phenolic OH excluding ortho intramolecular Hbond substituents is 2. The lowest BCUT2D eigenvalue weighted by Gasteiger charge is -2.23. The van der Waals surface area contributed by atoms with E-state index in [1.807, 2.05) is 0 Å². The van der Waals surface area contributed by atoms with Crippen molar-refractivity contribution < 1.29 is 29.1 Å². The minimum atomic E-state index is -0.965. The summed E-state index contributed by atoms with van der Waals surface area (Å²) in [6.07, 6.45) is 0. The zero-order valence-electron chi connectivity index (χ0n) is 15.1. The third-order valence-corrected chi connectivity index (χ3v) is 5.92. The van der Waals surface area contributed by atoms with E-state index in [4.69, 9.17) is 0 Å². The van der Waals surface area contributed by atoms with E-state index in [0.717, 1.165) is 6.07 Å². The number of hydrogen-bond donors (Lipinski definition) is 3. The number of halogens is 3. The molecule has 4 rings (SSSR count). The first-order valence-corrected chi connectivity index (χ1v) is 10.1. The number of benzene rings is 3. The summed E-state index contributed by atoms with van der Waals surface area (Å²) in [6, 6.07) is 7.36. The average molecular weight is 552 g/mol. The molecule has 0 unspecified atom stereocenters. The highest BCUT2D eigenvalue weighted by Crippen LogP contribution is 2.47. The van der Waals surface area contributed by atoms with Gasteiger partial charge in [0.05, 0.1) is 36.2 Å². The molecule has 0 saturated carbocycles. The van der Waals surface area contributed by atoms with Gasteiger partial charge in [0.2, 0.25) is 11.6 Å². The summed E-state index contributed by atoms with van der Waals surface area (Å²) in [6.45, 7) is 0. The van der Waals surface area contributed by atoms with Gasteiger partial charge in [-0.05, 0) is 62.2 Å². The van der Waals surface area contributed by atoms with E-state index in [-0.39, 0.29) is 20.2 Å². The first-order chi connectivity index (χ1) is 14.6. The fourth-order valence-corrected chi connectivity index (χ4v) is 4.20. The van der Waals surface area contributed by atoms with Gasteiger partial charge in [-0.3, -0.25) is 19.7 Å². The molecule has 0 amide bonds. The number of aromatic hydroxyl groups is 2. The highest BCUT2D eigenvalue weighted by Gasteiger charge is 2.42. The van der Waals surface area contributed by atoms with E-state index in [9.17, 15) is 34.3 Å². The number of fused-ring (bicyclic) bond motifs is 2. The lowest BCUT2D eigenvalue weighted by molar-refractivity contribution is -0.385. The van der Waals surface area contributed by atoms with E-state index in [1.54, 1.807) is 0 Å². The third-order valence-electron chi connectivity index (χ3n) is 4.71. The predicted octanol–water partition coefficient (Wildman–Crippen LogP) is 5.19. The summed E-state index contributed by atoms with van der Waals surface area (Å²) in [7, 11) is 0. The number of carbonyl (C=O) groups is 2. The number of phenols is 2. The maximum Gasteiger partial charge on any atom is 0.282 e. The van der Waals surface area contributed by atoms with Gasteiger partial charge in [0.1, 0.15) is 22.9 Å². The Labute approximate surface area is 189 Å². The average Bonchev–Trinajstić information content (AvgIpc) is 2.71. The van der Waals surface area contributed by atoms with E-state index in [1.165, 1.54) is 30.3 Å². The first-order valence-electron chi connectivity index (χ1n) is 8.49. The largest absolute Gasteiger partial charge is 0.506 e. The van der Waals surface area contributed by atoms with Gasteiger partial charge in [-0.1, -0.05) is 0 Å². The summed E-state index contributed by atoms with van der Waals surface area (Å²) in [5, 5.41) is 35.3. The van der Waals surface area contributed by atoms with Crippen molar-refractivity contribution in [1.29, 1.82) is 0 Å². The van der Waals surface area contributed by atoms with Crippen LogP contribution in [0.5, 0.6) is 11.5 Å². The minimum absolute atomic E-state index is 0.0481. The fourth-order valence-electron chi connectivity index (χ4n) is 3.36. The van der Waals surface area contributed by atoms with Gasteiger partial charge >= 0.3 is 0 Å². The number of nitro groups is 1. The molecule has 3 N–H and O–H groups in total. The number of carbonyl (C=O) groups excluding carboxylic acids is 2. The van der Waals surface area contributed by atoms with Crippen molar-refractivity contribution in [3.05, 3.63) is 83.5 Å². The van der Waals surface area contributed by atoms with E-state index in [2.05, 4.69) is 37.2 Å². The Morgan fingerprint density at radius 1 is 0.871 bits per heavy atom. The molecule has 0 heterocycles. The molecule has 0 atom stereocenters. The molecule has 156 valence electrons. The van der Waals surface area contributed by atoms with Crippen molar-refractivity contribution >= 4 is 60.5 Å². The zero-order chi connectivity index (χ0) is 22.6. The zero-order valence-corrected chi connectivity index (χ0v) is 18.2. The molecule has 3 aromatic carbocycles. The van der Waals surface area contributed by atoms with Crippen LogP contribution in [0.2, 0.25) is 0 Å². The van der Waals surface area contributed by atoms with E-state index < -0.39 is 56.2 Å². The smallest absolute Gasteiger partial charge is 0.282 e. The van der Waals surface area contributed by atoms with Gasteiger partial charge in [-0.2, -0.15) is 0 Å². The van der Waals surface area contributed by atoms with E-state index in [0.29, 0.717) is 5.69 Å². The molecule has 11 heteroatoms. The summed E-state index contributed by atoms with van der Waals surface area (Å²) >= 11 is 6.06. The second-order valence-corrected chi connectivity index (χ2v) is 8.24. The van der Waals surface area contributed by atoms with Gasteiger partial charge in [0.25, 0.3) is 5.69 Å². The van der Waals surface area contributed by atoms with Crippen LogP contribution in [-0.4, -0.2) is 26.7 Å². The van der Waals surface area contributed by atoms with Crippen LogP contribution < -0.4 is 5.32 Å². The quantitative estimate of drug-likeness (QED) is 0.181. The number of nitro benzene ring substituents is 1. The minimum Gasteiger partial charge on any atom is -0.506 e. The van der Waals surface area contributed by atoms with Gasteiger partial charge in [-0.25, -0.2) is 4.39 Å². The van der Waals surface area contributed by atoms with Crippen molar-refractivity contribution in [2.45, 2.75) is 0 Å². The summed E-state index contributed by atoms with van der Waals surface area (Å²) in [5.41, 5.74) is -2.19. The molecule has 8 nitrogen and oxygen atoms in total. The summed E-state index contributed by atoms with van der Waals surface area (Å²) < 4.78 is 13.1. The summed E-state index contributed by atoms with van der Waals surface area (Å²) in [5.74, 6) is -3.61. The Hall–Kier alpha value is -3.31. The fraction of sp³-hybridized carbons (Fsp3) is 0. The second-order valence-electron chi connectivity index (χ2n) is 6.53. The molecule has 0 aromatic heterocycles. The molecular weight excluding hydrogens is 543 g/mol. The Bertz CT molecular complexity index is 1320. The molecule has 1 aliphatic carbocycles. The van der Waals surface area contributed by atoms with Crippen LogP contribution in [0.1, 0.15) is 31.8 Å². The molecule has 0 spiro atoms. The number of anilines is 2. The predicted molar refractivity (Wildman–Crippen MR) is 115 cm³/mol. The Kier molecular flexibility index (Phi) is 5.02. The third kappa shape index (κ3) is 3.26. The Morgan fingerprint density at radius 3 is 1.97 bits per heavy atom. The molecule has 0 bridgehead atoms. The SMILES string of the molecule is O=C1c2c(Nc3ccc(F)cc3)cc(Br)c(O)c2C(=O)c2c(O)c(Br)cc([N+](=O)[O-])c21. The number of nitrogens with one attached hydrogen (secondary N) is 1. The molecule has 31 heavy (non-hydrogen) atoms. The first kappa shape index (κ1) is 20.9. The van der Waals surface area contributed by atoms with E-state index >= 15 is 0 Å². The van der Waals surface area contributed by atoms with Crippen LogP contribution in [0, 0.1) is 15.9 Å². The lowest BCUT2D eigenvalue weighted by atomic mass is 9.81. The Balaban J connectivity index is 2.02.